The van der Waals surface area contributed by atoms with E-state index in [0.29, 0.717) is 0 Å². The molecule has 0 unspecified atom stereocenters. The Hall–Kier alpha value is -1.81. The summed E-state index contributed by atoms with van der Waals surface area (Å²) in [5, 5.41) is 24.7. The number of aliphatic hydroxyl groups is 2. The van der Waals surface area contributed by atoms with E-state index in [1.807, 2.05) is 30.3 Å². The van der Waals surface area contributed by atoms with Crippen LogP contribution in [0.15, 0.2) is 42.2 Å². The van der Waals surface area contributed by atoms with Gasteiger partial charge in [-0.25, -0.2) is 0 Å². The standard InChI is InChI=1S/C11H13NO3/c12-11(6-10(14)7-13)15-8-9-4-2-1-3-5-9/h1-6,12-14H,7-8H2/b10-6-,12-11?. The molecule has 80 valence electrons. The largest absolute Gasteiger partial charge is 0.510 e. The van der Waals surface area contributed by atoms with Crippen molar-refractivity contribution in [3.8, 4) is 0 Å². The summed E-state index contributed by atoms with van der Waals surface area (Å²) in [5.41, 5.74) is 0.944. The first-order valence-corrected chi connectivity index (χ1v) is 4.48. The van der Waals surface area contributed by atoms with Gasteiger partial charge in [-0.2, -0.15) is 0 Å². The molecule has 0 bridgehead atoms. The van der Waals surface area contributed by atoms with E-state index in [4.69, 9.17) is 20.4 Å². The Morgan fingerprint density at radius 1 is 1.33 bits per heavy atom. The monoisotopic (exact) mass is 207 g/mol. The van der Waals surface area contributed by atoms with Gasteiger partial charge >= 0.3 is 0 Å². The summed E-state index contributed by atoms with van der Waals surface area (Å²) in [4.78, 5) is 0. The minimum absolute atomic E-state index is 0.176. The molecule has 0 radical (unpaired) electrons. The molecule has 1 rings (SSSR count). The summed E-state index contributed by atoms with van der Waals surface area (Å²) in [6, 6.07) is 9.41. The van der Waals surface area contributed by atoms with Crippen molar-refractivity contribution in [2.75, 3.05) is 6.61 Å². The maximum absolute atomic E-state index is 8.92. The van der Waals surface area contributed by atoms with Crippen molar-refractivity contribution in [2.45, 2.75) is 6.61 Å². The highest BCUT2D eigenvalue weighted by Crippen LogP contribution is 2.01. The minimum atomic E-state index is -0.489. The predicted molar refractivity (Wildman–Crippen MR) is 56.8 cm³/mol. The van der Waals surface area contributed by atoms with Crippen LogP contribution in [0.3, 0.4) is 0 Å². The topological polar surface area (TPSA) is 73.5 Å². The van der Waals surface area contributed by atoms with Gasteiger partial charge in [-0.1, -0.05) is 30.3 Å². The van der Waals surface area contributed by atoms with Crippen LogP contribution in [0.4, 0.5) is 0 Å². The number of aliphatic hydroxyl groups excluding tert-OH is 2. The van der Waals surface area contributed by atoms with Crippen LogP contribution in [-0.4, -0.2) is 22.7 Å². The lowest BCUT2D eigenvalue weighted by Gasteiger charge is -2.04. The highest BCUT2D eigenvalue weighted by atomic mass is 16.5. The van der Waals surface area contributed by atoms with Crippen molar-refractivity contribution in [1.82, 2.24) is 0 Å². The molecule has 0 aliphatic carbocycles. The van der Waals surface area contributed by atoms with Crippen LogP contribution in [0.5, 0.6) is 0 Å². The summed E-state index contributed by atoms with van der Waals surface area (Å²) in [5.74, 6) is -0.460. The van der Waals surface area contributed by atoms with Crippen LogP contribution in [0, 0.1) is 5.41 Å². The van der Waals surface area contributed by atoms with E-state index in [2.05, 4.69) is 0 Å². The van der Waals surface area contributed by atoms with Gasteiger partial charge in [0.1, 0.15) is 19.0 Å². The van der Waals surface area contributed by atoms with Gasteiger partial charge in [0.15, 0.2) is 0 Å². The second kappa shape index (κ2) is 5.82. The Balaban J connectivity index is 2.41. The molecule has 0 fully saturated rings. The Bertz CT molecular complexity index is 346. The number of hydrogen-bond acceptors (Lipinski definition) is 4. The maximum atomic E-state index is 8.92. The van der Waals surface area contributed by atoms with Gasteiger partial charge in [-0.05, 0) is 5.56 Å². The van der Waals surface area contributed by atoms with Gasteiger partial charge in [-0.15, -0.1) is 0 Å². The molecular weight excluding hydrogens is 194 g/mol. The molecule has 0 atom stereocenters. The Labute approximate surface area is 88.0 Å². The first-order chi connectivity index (χ1) is 7.22. The molecule has 0 aromatic heterocycles. The third-order valence-corrected chi connectivity index (χ3v) is 1.70. The Morgan fingerprint density at radius 3 is 2.60 bits per heavy atom. The van der Waals surface area contributed by atoms with Crippen LogP contribution in [0.2, 0.25) is 0 Å². The molecule has 0 amide bonds. The second-order valence-corrected chi connectivity index (χ2v) is 2.93. The lowest BCUT2D eigenvalue weighted by Crippen LogP contribution is -2.02. The van der Waals surface area contributed by atoms with E-state index in [1.54, 1.807) is 0 Å². The number of hydrogen-bond donors (Lipinski definition) is 3. The highest BCUT2D eigenvalue weighted by Gasteiger charge is 1.97. The molecule has 0 saturated carbocycles. The predicted octanol–water partition coefficient (Wildman–Crippen LogP) is 1.61. The van der Waals surface area contributed by atoms with Crippen molar-refractivity contribution in [3.63, 3.8) is 0 Å². The van der Waals surface area contributed by atoms with Crippen molar-refractivity contribution in [3.05, 3.63) is 47.7 Å². The molecule has 0 heterocycles. The molecule has 1 aromatic rings. The van der Waals surface area contributed by atoms with Crippen LogP contribution < -0.4 is 0 Å². The lowest BCUT2D eigenvalue weighted by molar-refractivity contribution is 0.250. The SMILES string of the molecule is N=C(/C=C(\O)CO)OCc1ccccc1. The molecule has 15 heavy (non-hydrogen) atoms. The average molecular weight is 207 g/mol. The zero-order valence-electron chi connectivity index (χ0n) is 8.18. The molecule has 0 saturated heterocycles. The zero-order valence-corrected chi connectivity index (χ0v) is 8.18. The molecule has 3 N–H and O–H groups in total. The van der Waals surface area contributed by atoms with Gasteiger partial charge in [0.2, 0.25) is 5.90 Å². The third kappa shape index (κ3) is 4.28. The summed E-state index contributed by atoms with van der Waals surface area (Å²) in [7, 11) is 0. The van der Waals surface area contributed by atoms with E-state index < -0.39 is 6.61 Å². The van der Waals surface area contributed by atoms with Gasteiger partial charge in [0, 0.05) is 6.08 Å². The fourth-order valence-corrected chi connectivity index (χ4v) is 0.974. The summed E-state index contributed by atoms with van der Waals surface area (Å²) in [6.07, 6.45) is 1.07. The van der Waals surface area contributed by atoms with Crippen molar-refractivity contribution in [1.29, 1.82) is 5.41 Å². The molecular formula is C11H13NO3. The highest BCUT2D eigenvalue weighted by molar-refractivity contribution is 5.85. The van der Waals surface area contributed by atoms with Crippen molar-refractivity contribution >= 4 is 5.90 Å². The summed E-state index contributed by atoms with van der Waals surface area (Å²) in [6.45, 7) is -0.216. The molecule has 0 aliphatic heterocycles. The number of benzene rings is 1. The van der Waals surface area contributed by atoms with Crippen LogP contribution in [0.1, 0.15) is 5.56 Å². The van der Waals surface area contributed by atoms with E-state index in [1.165, 1.54) is 0 Å². The number of rotatable bonds is 4. The Morgan fingerprint density at radius 2 is 2.00 bits per heavy atom. The fraction of sp³-hybridized carbons (Fsp3) is 0.182. The first-order valence-electron chi connectivity index (χ1n) is 4.48. The summed E-state index contributed by atoms with van der Waals surface area (Å²) >= 11 is 0. The molecule has 4 nitrogen and oxygen atoms in total. The quantitative estimate of drug-likeness (QED) is 0.399. The van der Waals surface area contributed by atoms with Crippen molar-refractivity contribution < 1.29 is 14.9 Å². The second-order valence-electron chi connectivity index (χ2n) is 2.93. The van der Waals surface area contributed by atoms with Crippen LogP contribution >= 0.6 is 0 Å². The van der Waals surface area contributed by atoms with Gasteiger partial charge in [0.05, 0.1) is 0 Å². The molecule has 0 spiro atoms. The third-order valence-electron chi connectivity index (χ3n) is 1.70. The normalized spacial score (nSPS) is 11.1. The van der Waals surface area contributed by atoms with E-state index in [9.17, 15) is 0 Å². The smallest absolute Gasteiger partial charge is 0.209 e. The van der Waals surface area contributed by atoms with Crippen LogP contribution in [-0.2, 0) is 11.3 Å². The maximum Gasteiger partial charge on any atom is 0.209 e. The van der Waals surface area contributed by atoms with Gasteiger partial charge in [-0.3, -0.25) is 5.41 Å². The van der Waals surface area contributed by atoms with Gasteiger partial charge in [0.25, 0.3) is 0 Å². The zero-order chi connectivity index (χ0) is 11.1. The summed E-state index contributed by atoms with van der Waals surface area (Å²) < 4.78 is 5.04. The molecule has 0 aliphatic rings. The molecule has 1 aromatic carbocycles. The van der Waals surface area contributed by atoms with Gasteiger partial charge < -0.3 is 14.9 Å². The number of ether oxygens (including phenoxy) is 1. The number of nitrogens with one attached hydrogen (secondary N) is 1. The lowest BCUT2D eigenvalue weighted by atomic mass is 10.2. The van der Waals surface area contributed by atoms with Crippen molar-refractivity contribution in [2.24, 2.45) is 0 Å². The van der Waals surface area contributed by atoms with Crippen LogP contribution in [0.25, 0.3) is 0 Å². The fourth-order valence-electron chi connectivity index (χ4n) is 0.974. The first kappa shape index (κ1) is 11.3. The molecule has 4 heteroatoms. The Kier molecular flexibility index (Phi) is 4.37. The minimum Gasteiger partial charge on any atom is -0.510 e. The van der Waals surface area contributed by atoms with E-state index >= 15 is 0 Å². The van der Waals surface area contributed by atoms with E-state index in [0.717, 1.165) is 11.6 Å². The van der Waals surface area contributed by atoms with E-state index in [-0.39, 0.29) is 18.3 Å². The average Bonchev–Trinajstić information content (AvgIpc) is 2.27.